The molecule has 0 aliphatic heterocycles. The maximum atomic E-state index is 12.3. The second-order valence-corrected chi connectivity index (χ2v) is 7.66. The van der Waals surface area contributed by atoms with E-state index in [-0.39, 0.29) is 24.5 Å². The minimum atomic E-state index is -0.915. The number of thiazole rings is 1. The molecule has 0 radical (unpaired) electrons. The lowest BCUT2D eigenvalue weighted by Gasteiger charge is -2.13. The van der Waals surface area contributed by atoms with E-state index in [1.807, 2.05) is 37.4 Å². The Morgan fingerprint density at radius 3 is 2.48 bits per heavy atom. The zero-order chi connectivity index (χ0) is 20.0. The van der Waals surface area contributed by atoms with Gasteiger partial charge in [-0.05, 0) is 30.5 Å². The van der Waals surface area contributed by atoms with Crippen LogP contribution in [0.15, 0.2) is 23.6 Å². The molecule has 0 aliphatic rings. The van der Waals surface area contributed by atoms with Crippen LogP contribution in [0.5, 0.6) is 11.5 Å². The van der Waals surface area contributed by atoms with Gasteiger partial charge in [-0.2, -0.15) is 0 Å². The van der Waals surface area contributed by atoms with E-state index in [1.165, 1.54) is 11.3 Å². The Morgan fingerprint density at radius 1 is 1.19 bits per heavy atom. The van der Waals surface area contributed by atoms with E-state index >= 15 is 0 Å². The Hall–Kier alpha value is -2.41. The zero-order valence-electron chi connectivity index (χ0n) is 16.0. The topological polar surface area (TPSA) is 85.7 Å². The van der Waals surface area contributed by atoms with Crippen molar-refractivity contribution in [3.05, 3.63) is 29.3 Å². The first-order valence-electron chi connectivity index (χ1n) is 8.75. The number of hydrogen-bond donors (Lipinski definition) is 1. The fourth-order valence-corrected chi connectivity index (χ4v) is 3.70. The van der Waals surface area contributed by atoms with Gasteiger partial charge < -0.3 is 14.6 Å². The second kappa shape index (κ2) is 9.50. The molecule has 1 aromatic heterocycles. The number of carboxylic acid groups (broad SMARTS) is 1. The van der Waals surface area contributed by atoms with Gasteiger partial charge in [-0.15, -0.1) is 11.3 Å². The van der Waals surface area contributed by atoms with E-state index in [9.17, 15) is 14.7 Å². The molecular formula is C20H25NO5S. The number of hydrogen-bond acceptors (Lipinski definition) is 6. The number of nitrogens with zero attached hydrogens (tertiary/aromatic N) is 1. The second-order valence-electron chi connectivity index (χ2n) is 6.80. The highest BCUT2D eigenvalue weighted by molar-refractivity contribution is 7.13. The van der Waals surface area contributed by atoms with Crippen LogP contribution in [0.25, 0.3) is 10.6 Å². The molecule has 146 valence electrons. The molecule has 0 amide bonds. The number of aliphatic carboxylic acids is 1. The van der Waals surface area contributed by atoms with Gasteiger partial charge in [-0.1, -0.05) is 13.8 Å². The summed E-state index contributed by atoms with van der Waals surface area (Å²) >= 11 is 1.44. The Bertz CT molecular complexity index is 799. The molecule has 6 nitrogen and oxygen atoms in total. The maximum Gasteiger partial charge on any atom is 0.306 e. The summed E-state index contributed by atoms with van der Waals surface area (Å²) in [5.41, 5.74) is 1.53. The third-order valence-electron chi connectivity index (χ3n) is 4.14. The first kappa shape index (κ1) is 20.9. The van der Waals surface area contributed by atoms with Crippen LogP contribution < -0.4 is 9.47 Å². The molecule has 0 saturated heterocycles. The molecule has 1 N–H and O–H groups in total. The summed E-state index contributed by atoms with van der Waals surface area (Å²) < 4.78 is 10.5. The van der Waals surface area contributed by atoms with Crippen molar-refractivity contribution in [3.63, 3.8) is 0 Å². The lowest BCUT2D eigenvalue weighted by atomic mass is 9.91. The summed E-state index contributed by atoms with van der Waals surface area (Å²) in [6.07, 6.45) is 0.678. The summed E-state index contributed by atoms with van der Waals surface area (Å²) in [6.45, 7) is 3.91. The number of rotatable bonds is 10. The minimum absolute atomic E-state index is 0.0384. The molecule has 1 atom stereocenters. The van der Waals surface area contributed by atoms with Crippen molar-refractivity contribution in [1.82, 2.24) is 4.98 Å². The van der Waals surface area contributed by atoms with Crippen LogP contribution in [0, 0.1) is 11.8 Å². The number of carbonyl (C=O) groups excluding carboxylic acids is 1. The van der Waals surface area contributed by atoms with Crippen molar-refractivity contribution >= 4 is 23.1 Å². The molecule has 0 saturated carbocycles. The summed E-state index contributed by atoms with van der Waals surface area (Å²) in [6, 6.07) is 5.53. The Labute approximate surface area is 163 Å². The fourth-order valence-electron chi connectivity index (χ4n) is 2.88. The van der Waals surface area contributed by atoms with Crippen molar-refractivity contribution in [1.29, 1.82) is 0 Å². The molecule has 0 fully saturated rings. The fraction of sp³-hybridized carbons (Fsp3) is 0.450. The van der Waals surface area contributed by atoms with Crippen molar-refractivity contribution in [2.75, 3.05) is 14.2 Å². The van der Waals surface area contributed by atoms with Gasteiger partial charge in [0.25, 0.3) is 0 Å². The highest BCUT2D eigenvalue weighted by Crippen LogP contribution is 2.33. The largest absolute Gasteiger partial charge is 0.493 e. The molecule has 27 heavy (non-hydrogen) atoms. The molecule has 1 heterocycles. The number of carboxylic acids is 1. The third kappa shape index (κ3) is 5.79. The zero-order valence-corrected chi connectivity index (χ0v) is 16.8. The predicted octanol–water partition coefficient (Wildman–Crippen LogP) is 4.08. The first-order chi connectivity index (χ1) is 12.8. The molecular weight excluding hydrogens is 366 g/mol. The van der Waals surface area contributed by atoms with E-state index in [1.54, 1.807) is 14.2 Å². The van der Waals surface area contributed by atoms with Crippen molar-refractivity contribution in [2.45, 2.75) is 33.1 Å². The molecule has 7 heteroatoms. The average Bonchev–Trinajstić information content (AvgIpc) is 3.08. The SMILES string of the molecule is COc1ccc(-c2nc(CC(=O)C[C@@H](CC(C)C)C(=O)O)cs2)cc1OC. The molecule has 2 rings (SSSR count). The number of carbonyl (C=O) groups is 2. The Balaban J connectivity index is 2.07. The lowest BCUT2D eigenvalue weighted by Crippen LogP contribution is -2.20. The number of benzene rings is 1. The van der Waals surface area contributed by atoms with Gasteiger partial charge in [0, 0.05) is 23.8 Å². The smallest absolute Gasteiger partial charge is 0.306 e. The van der Waals surface area contributed by atoms with Crippen LogP contribution in [0.4, 0.5) is 0 Å². The summed E-state index contributed by atoms with van der Waals surface area (Å²) in [5.74, 6) is -0.177. The average molecular weight is 391 g/mol. The number of ketones is 1. The molecule has 0 bridgehead atoms. The molecule has 1 aromatic carbocycles. The van der Waals surface area contributed by atoms with Gasteiger partial charge in [-0.25, -0.2) is 4.98 Å². The van der Waals surface area contributed by atoms with Gasteiger partial charge >= 0.3 is 5.97 Å². The van der Waals surface area contributed by atoms with Crippen LogP contribution in [-0.2, 0) is 16.0 Å². The standard InChI is InChI=1S/C20H25NO5S/c1-12(2)7-14(20(23)24)8-16(22)10-15-11-27-19(21-15)13-5-6-17(25-3)18(9-13)26-4/h5-6,9,11-12,14H,7-8,10H2,1-4H3,(H,23,24)/t14-/m1/s1. The number of aromatic nitrogens is 1. The Morgan fingerprint density at radius 2 is 1.89 bits per heavy atom. The summed E-state index contributed by atoms with van der Waals surface area (Å²) in [5, 5.41) is 11.9. The van der Waals surface area contributed by atoms with Crippen LogP contribution in [0.3, 0.4) is 0 Å². The monoisotopic (exact) mass is 391 g/mol. The quantitative estimate of drug-likeness (QED) is 0.657. The van der Waals surface area contributed by atoms with Gasteiger partial charge in [0.05, 0.1) is 25.8 Å². The van der Waals surface area contributed by atoms with Crippen molar-refractivity contribution < 1.29 is 24.2 Å². The highest BCUT2D eigenvalue weighted by atomic mass is 32.1. The summed E-state index contributed by atoms with van der Waals surface area (Å²) in [7, 11) is 3.15. The van der Waals surface area contributed by atoms with Gasteiger partial charge in [0.15, 0.2) is 11.5 Å². The van der Waals surface area contributed by atoms with Crippen LogP contribution in [0.2, 0.25) is 0 Å². The van der Waals surface area contributed by atoms with Crippen LogP contribution in [-0.4, -0.2) is 36.1 Å². The number of Topliss-reactive ketones (excluding diaryl/α,β-unsaturated/α-hetero) is 1. The maximum absolute atomic E-state index is 12.3. The number of methoxy groups -OCH3 is 2. The number of ether oxygens (including phenoxy) is 2. The van der Waals surface area contributed by atoms with E-state index < -0.39 is 11.9 Å². The molecule has 0 spiro atoms. The molecule has 0 aliphatic carbocycles. The molecule has 0 unspecified atom stereocenters. The van der Waals surface area contributed by atoms with Gasteiger partial charge in [-0.3, -0.25) is 9.59 Å². The van der Waals surface area contributed by atoms with Crippen LogP contribution in [0.1, 0.15) is 32.4 Å². The third-order valence-corrected chi connectivity index (χ3v) is 5.08. The predicted molar refractivity (Wildman–Crippen MR) is 105 cm³/mol. The lowest BCUT2D eigenvalue weighted by molar-refractivity contribution is -0.144. The minimum Gasteiger partial charge on any atom is -0.493 e. The van der Waals surface area contributed by atoms with Gasteiger partial charge in [0.2, 0.25) is 0 Å². The normalized spacial score (nSPS) is 12.0. The summed E-state index contributed by atoms with van der Waals surface area (Å²) in [4.78, 5) is 28.2. The Kier molecular flexibility index (Phi) is 7.36. The van der Waals surface area contributed by atoms with E-state index in [2.05, 4.69) is 4.98 Å². The van der Waals surface area contributed by atoms with Crippen molar-refractivity contribution in [3.8, 4) is 22.1 Å². The van der Waals surface area contributed by atoms with E-state index in [0.717, 1.165) is 10.6 Å². The molecule has 2 aromatic rings. The van der Waals surface area contributed by atoms with E-state index in [4.69, 9.17) is 9.47 Å². The van der Waals surface area contributed by atoms with Crippen LogP contribution >= 0.6 is 11.3 Å². The first-order valence-corrected chi connectivity index (χ1v) is 9.63. The highest BCUT2D eigenvalue weighted by Gasteiger charge is 2.23. The van der Waals surface area contributed by atoms with Gasteiger partial charge in [0.1, 0.15) is 10.8 Å². The van der Waals surface area contributed by atoms with Crippen molar-refractivity contribution in [2.24, 2.45) is 11.8 Å². The van der Waals surface area contributed by atoms with E-state index in [0.29, 0.717) is 23.6 Å².